The van der Waals surface area contributed by atoms with E-state index in [0.717, 1.165) is 57.8 Å². The topological polar surface area (TPSA) is 108 Å². The van der Waals surface area contributed by atoms with Gasteiger partial charge < -0.3 is 21.1 Å². The van der Waals surface area contributed by atoms with Gasteiger partial charge in [-0.3, -0.25) is 9.59 Å². The predicted molar refractivity (Wildman–Crippen MR) is 103 cm³/mol. The number of nitrogens with one attached hydrogen (secondary N) is 3. The van der Waals surface area contributed by atoms with Crippen molar-refractivity contribution in [3.8, 4) is 0 Å². The summed E-state index contributed by atoms with van der Waals surface area (Å²) in [6, 6.07) is 0.229. The fourth-order valence-electron chi connectivity index (χ4n) is 4.32. The van der Waals surface area contributed by atoms with Gasteiger partial charge in [0.25, 0.3) is 0 Å². The zero-order valence-corrected chi connectivity index (χ0v) is 16.4. The smallest absolute Gasteiger partial charge is 0.315 e. The van der Waals surface area contributed by atoms with Gasteiger partial charge in [-0.15, -0.1) is 0 Å². The molecule has 0 radical (unpaired) electrons. The second-order valence-corrected chi connectivity index (χ2v) is 8.15. The number of carbonyl (C=O) groups is 3. The van der Waals surface area contributed by atoms with E-state index in [0.29, 0.717) is 19.0 Å². The maximum absolute atomic E-state index is 12.2. The highest BCUT2D eigenvalue weighted by atomic mass is 16.4. The van der Waals surface area contributed by atoms with Crippen molar-refractivity contribution in [1.82, 2.24) is 16.0 Å². The monoisotopic (exact) mass is 381 g/mol. The lowest BCUT2D eigenvalue weighted by atomic mass is 9.93. The molecule has 0 atom stereocenters. The molecule has 2 rings (SSSR count). The number of hydrogen-bond acceptors (Lipinski definition) is 3. The molecule has 3 amide bonds. The summed E-state index contributed by atoms with van der Waals surface area (Å²) in [5, 5.41) is 18.0. The van der Waals surface area contributed by atoms with E-state index in [4.69, 9.17) is 5.11 Å². The molecule has 7 nitrogen and oxygen atoms in total. The minimum Gasteiger partial charge on any atom is -0.481 e. The summed E-state index contributed by atoms with van der Waals surface area (Å²) in [5.41, 5.74) is -0.540. The van der Waals surface area contributed by atoms with Crippen molar-refractivity contribution in [3.05, 3.63) is 0 Å². The van der Waals surface area contributed by atoms with E-state index in [1.54, 1.807) is 0 Å². The van der Waals surface area contributed by atoms with Gasteiger partial charge in [0.05, 0.1) is 12.0 Å². The second-order valence-electron chi connectivity index (χ2n) is 8.15. The third kappa shape index (κ3) is 8.18. The Morgan fingerprint density at radius 3 is 2.30 bits per heavy atom. The summed E-state index contributed by atoms with van der Waals surface area (Å²) in [6.45, 7) is 0.614. The molecular weight excluding hydrogens is 346 g/mol. The molecule has 0 aromatic carbocycles. The van der Waals surface area contributed by atoms with Crippen molar-refractivity contribution in [1.29, 1.82) is 0 Å². The number of hydrogen-bond donors (Lipinski definition) is 4. The summed E-state index contributed by atoms with van der Waals surface area (Å²) in [5.74, 6) is -0.907. The van der Waals surface area contributed by atoms with Gasteiger partial charge in [-0.2, -0.15) is 0 Å². The van der Waals surface area contributed by atoms with Crippen LogP contribution in [0.4, 0.5) is 4.79 Å². The van der Waals surface area contributed by atoms with Gasteiger partial charge in [0.1, 0.15) is 0 Å². The summed E-state index contributed by atoms with van der Waals surface area (Å²) in [4.78, 5) is 35.1. The molecule has 2 aliphatic rings. The quantitative estimate of drug-likeness (QED) is 0.436. The second kappa shape index (κ2) is 11.1. The van der Waals surface area contributed by atoms with E-state index < -0.39 is 11.5 Å². The van der Waals surface area contributed by atoms with Crippen LogP contribution in [0.1, 0.15) is 89.9 Å². The first-order valence-corrected chi connectivity index (χ1v) is 10.6. The van der Waals surface area contributed by atoms with Crippen LogP contribution >= 0.6 is 0 Å². The molecule has 0 aliphatic heterocycles. The summed E-state index contributed by atoms with van der Waals surface area (Å²) < 4.78 is 0. The minimum atomic E-state index is -0.852. The van der Waals surface area contributed by atoms with Crippen LogP contribution in [0.25, 0.3) is 0 Å². The lowest BCUT2D eigenvalue weighted by Gasteiger charge is -2.28. The van der Waals surface area contributed by atoms with Gasteiger partial charge in [-0.1, -0.05) is 38.5 Å². The highest BCUT2D eigenvalue weighted by Crippen LogP contribution is 2.32. The van der Waals surface area contributed by atoms with Crippen molar-refractivity contribution in [2.75, 3.05) is 6.54 Å². The summed E-state index contributed by atoms with van der Waals surface area (Å²) in [7, 11) is 0. The average molecular weight is 382 g/mol. The van der Waals surface area contributed by atoms with Crippen LogP contribution in [0, 0.1) is 0 Å². The molecule has 0 aromatic heterocycles. The van der Waals surface area contributed by atoms with Crippen LogP contribution in [0.15, 0.2) is 0 Å². The Kier molecular flexibility index (Phi) is 8.88. The van der Waals surface area contributed by atoms with Gasteiger partial charge >= 0.3 is 12.0 Å². The maximum atomic E-state index is 12.2. The zero-order chi connectivity index (χ0) is 19.5. The number of carboxylic acid groups (broad SMARTS) is 1. The fourth-order valence-corrected chi connectivity index (χ4v) is 4.32. The molecular formula is C20H35N3O4. The number of carbonyl (C=O) groups excluding carboxylic acids is 2. The van der Waals surface area contributed by atoms with Crippen molar-refractivity contribution >= 4 is 17.9 Å². The Morgan fingerprint density at radius 1 is 0.926 bits per heavy atom. The summed E-state index contributed by atoms with van der Waals surface area (Å²) >= 11 is 0. The van der Waals surface area contributed by atoms with E-state index in [1.165, 1.54) is 19.3 Å². The normalized spacial score (nSPS) is 19.4. The molecule has 0 aromatic rings. The first-order chi connectivity index (χ1) is 13.0. The van der Waals surface area contributed by atoms with E-state index >= 15 is 0 Å². The molecule has 2 aliphatic carbocycles. The molecule has 0 bridgehead atoms. The van der Waals surface area contributed by atoms with Crippen LogP contribution < -0.4 is 16.0 Å². The standard InChI is InChI=1S/C20H35N3O4/c24-17(23-20(15-18(25)26)12-6-7-13-20)11-5-2-8-14-21-19(27)22-16-9-3-1-4-10-16/h16H,1-15H2,(H,23,24)(H,25,26)(H2,21,22,27). The molecule has 4 N–H and O–H groups in total. The Labute approximate surface area is 162 Å². The van der Waals surface area contributed by atoms with Gasteiger partial charge in [-0.25, -0.2) is 4.79 Å². The SMILES string of the molecule is O=C(O)CC1(NC(=O)CCCCCNC(=O)NC2CCCCC2)CCCC1. The number of amides is 3. The lowest BCUT2D eigenvalue weighted by Crippen LogP contribution is -2.47. The first-order valence-electron chi connectivity index (χ1n) is 10.6. The van der Waals surface area contributed by atoms with Crippen LogP contribution in [0.2, 0.25) is 0 Å². The van der Waals surface area contributed by atoms with Gasteiger partial charge in [0, 0.05) is 19.0 Å². The van der Waals surface area contributed by atoms with E-state index in [1.807, 2.05) is 0 Å². The van der Waals surface area contributed by atoms with Gasteiger partial charge in [-0.05, 0) is 38.5 Å². The number of urea groups is 1. The zero-order valence-electron chi connectivity index (χ0n) is 16.4. The van der Waals surface area contributed by atoms with Crippen molar-refractivity contribution in [2.24, 2.45) is 0 Å². The molecule has 154 valence electrons. The molecule has 2 fully saturated rings. The summed E-state index contributed by atoms with van der Waals surface area (Å²) in [6.07, 6.45) is 12.1. The van der Waals surface area contributed by atoms with Crippen LogP contribution in [-0.4, -0.2) is 41.1 Å². The Balaban J connectivity index is 1.52. The molecule has 7 heteroatoms. The molecule has 0 spiro atoms. The number of unbranched alkanes of at least 4 members (excludes halogenated alkanes) is 2. The number of carboxylic acids is 1. The van der Waals surface area contributed by atoms with E-state index in [2.05, 4.69) is 16.0 Å². The lowest BCUT2D eigenvalue weighted by molar-refractivity contribution is -0.139. The predicted octanol–water partition coefficient (Wildman–Crippen LogP) is 3.08. The van der Waals surface area contributed by atoms with Crippen molar-refractivity contribution in [3.63, 3.8) is 0 Å². The molecule has 0 unspecified atom stereocenters. The van der Waals surface area contributed by atoms with Crippen molar-refractivity contribution in [2.45, 2.75) is 101 Å². The molecule has 27 heavy (non-hydrogen) atoms. The van der Waals surface area contributed by atoms with Crippen LogP contribution in [-0.2, 0) is 9.59 Å². The van der Waals surface area contributed by atoms with Gasteiger partial charge in [0.2, 0.25) is 5.91 Å². The number of rotatable bonds is 10. The highest BCUT2D eigenvalue weighted by molar-refractivity contribution is 5.78. The van der Waals surface area contributed by atoms with Crippen molar-refractivity contribution < 1.29 is 19.5 Å². The van der Waals surface area contributed by atoms with Crippen LogP contribution in [0.5, 0.6) is 0 Å². The molecule has 2 saturated carbocycles. The number of aliphatic carboxylic acids is 1. The minimum absolute atomic E-state index is 0.0127. The third-order valence-electron chi connectivity index (χ3n) is 5.76. The third-order valence-corrected chi connectivity index (χ3v) is 5.76. The largest absolute Gasteiger partial charge is 0.481 e. The fraction of sp³-hybridized carbons (Fsp3) is 0.850. The Hall–Kier alpha value is -1.79. The maximum Gasteiger partial charge on any atom is 0.315 e. The average Bonchev–Trinajstić information content (AvgIpc) is 3.05. The highest BCUT2D eigenvalue weighted by Gasteiger charge is 2.37. The Morgan fingerprint density at radius 2 is 1.63 bits per heavy atom. The Bertz CT molecular complexity index is 497. The molecule has 0 heterocycles. The van der Waals surface area contributed by atoms with Gasteiger partial charge in [0.15, 0.2) is 0 Å². The first kappa shape index (κ1) is 21.5. The van der Waals surface area contributed by atoms with E-state index in [9.17, 15) is 14.4 Å². The van der Waals surface area contributed by atoms with Crippen LogP contribution in [0.3, 0.4) is 0 Å². The molecule has 0 saturated heterocycles. The van der Waals surface area contributed by atoms with E-state index in [-0.39, 0.29) is 18.4 Å².